The molecule has 29 heavy (non-hydrogen) atoms. The maximum absolute atomic E-state index is 6.23. The van der Waals surface area contributed by atoms with Gasteiger partial charge in [-0.05, 0) is 56.4 Å². The second-order valence-corrected chi connectivity index (χ2v) is 8.31. The summed E-state index contributed by atoms with van der Waals surface area (Å²) in [5.74, 6) is 0.952. The van der Waals surface area contributed by atoms with Crippen molar-refractivity contribution in [3.05, 3.63) is 75.5 Å². The first-order valence-electron chi connectivity index (χ1n) is 9.80. The summed E-state index contributed by atoms with van der Waals surface area (Å²) in [5, 5.41) is 9.60. The van der Waals surface area contributed by atoms with E-state index in [1.807, 2.05) is 41.8 Å². The molecular weight excluding hydrogens is 403 g/mol. The van der Waals surface area contributed by atoms with Gasteiger partial charge in [-0.3, -0.25) is 0 Å². The zero-order valence-electron chi connectivity index (χ0n) is 16.0. The van der Waals surface area contributed by atoms with Gasteiger partial charge in [0.05, 0.1) is 5.69 Å². The van der Waals surface area contributed by atoms with Crippen molar-refractivity contribution in [2.45, 2.75) is 32.6 Å². The molecule has 1 aliphatic carbocycles. The van der Waals surface area contributed by atoms with Gasteiger partial charge in [-0.25, -0.2) is 4.98 Å². The third-order valence-electron chi connectivity index (χ3n) is 5.40. The molecule has 0 spiro atoms. The van der Waals surface area contributed by atoms with Gasteiger partial charge in [-0.15, -0.1) is 0 Å². The minimum Gasteiger partial charge on any atom is -0.340 e. The van der Waals surface area contributed by atoms with Gasteiger partial charge in [-0.2, -0.15) is 9.61 Å². The first kappa shape index (κ1) is 18.5. The lowest BCUT2D eigenvalue weighted by atomic mass is 9.96. The summed E-state index contributed by atoms with van der Waals surface area (Å²) in [6.45, 7) is 2.04. The smallest absolute Gasteiger partial charge is 0.165 e. The van der Waals surface area contributed by atoms with Gasteiger partial charge in [-0.1, -0.05) is 53.5 Å². The lowest BCUT2D eigenvalue weighted by molar-refractivity contribution is 0.662. The van der Waals surface area contributed by atoms with Gasteiger partial charge in [0.15, 0.2) is 5.65 Å². The third kappa shape index (κ3) is 3.37. The fraction of sp³-hybridized carbons (Fsp3) is 0.217. The first-order chi connectivity index (χ1) is 14.1. The van der Waals surface area contributed by atoms with Crippen molar-refractivity contribution in [2.75, 3.05) is 5.32 Å². The molecule has 0 amide bonds. The van der Waals surface area contributed by atoms with E-state index in [-0.39, 0.29) is 0 Å². The van der Waals surface area contributed by atoms with Crippen molar-refractivity contribution in [3.63, 3.8) is 0 Å². The van der Waals surface area contributed by atoms with Crippen molar-refractivity contribution in [3.8, 4) is 11.1 Å². The van der Waals surface area contributed by atoms with Gasteiger partial charge in [0.2, 0.25) is 0 Å². The molecule has 0 saturated carbocycles. The van der Waals surface area contributed by atoms with Gasteiger partial charge >= 0.3 is 0 Å². The van der Waals surface area contributed by atoms with E-state index in [4.69, 9.17) is 33.3 Å². The van der Waals surface area contributed by atoms with Crippen LogP contribution in [-0.2, 0) is 12.8 Å². The molecule has 0 aliphatic heterocycles. The van der Waals surface area contributed by atoms with E-state index in [0.717, 1.165) is 65.4 Å². The molecule has 0 bridgehead atoms. The molecule has 2 heterocycles. The highest BCUT2D eigenvalue weighted by Crippen LogP contribution is 2.35. The van der Waals surface area contributed by atoms with E-state index in [1.54, 1.807) is 6.07 Å². The Hall–Kier alpha value is -2.56. The number of hydrogen-bond acceptors (Lipinski definition) is 3. The van der Waals surface area contributed by atoms with E-state index in [0.29, 0.717) is 10.0 Å². The lowest BCUT2D eigenvalue weighted by Gasteiger charge is -2.21. The highest BCUT2D eigenvalue weighted by atomic mass is 35.5. The summed E-state index contributed by atoms with van der Waals surface area (Å²) in [4.78, 5) is 5.06. The topological polar surface area (TPSA) is 42.2 Å². The summed E-state index contributed by atoms with van der Waals surface area (Å²) >= 11 is 12.5. The van der Waals surface area contributed by atoms with Crippen LogP contribution in [0.3, 0.4) is 0 Å². The van der Waals surface area contributed by atoms with Crippen LogP contribution in [0, 0.1) is 6.92 Å². The van der Waals surface area contributed by atoms with Crippen LogP contribution in [0.2, 0.25) is 10.0 Å². The summed E-state index contributed by atoms with van der Waals surface area (Å²) in [7, 11) is 0. The predicted molar refractivity (Wildman–Crippen MR) is 120 cm³/mol. The van der Waals surface area contributed by atoms with E-state index in [2.05, 4.69) is 17.4 Å². The van der Waals surface area contributed by atoms with Gasteiger partial charge < -0.3 is 5.32 Å². The summed E-state index contributed by atoms with van der Waals surface area (Å²) in [5.41, 5.74) is 7.25. The Balaban J connectivity index is 1.75. The highest BCUT2D eigenvalue weighted by Gasteiger charge is 2.23. The lowest BCUT2D eigenvalue weighted by Crippen LogP contribution is -2.13. The molecule has 146 valence electrons. The molecule has 0 unspecified atom stereocenters. The van der Waals surface area contributed by atoms with Crippen LogP contribution in [-0.4, -0.2) is 14.6 Å². The van der Waals surface area contributed by atoms with E-state index < -0.39 is 0 Å². The minimum absolute atomic E-state index is 0.598. The van der Waals surface area contributed by atoms with Gasteiger partial charge in [0, 0.05) is 32.6 Å². The number of rotatable bonds is 3. The quantitative estimate of drug-likeness (QED) is 0.402. The monoisotopic (exact) mass is 422 g/mol. The number of aromatic nitrogens is 3. The van der Waals surface area contributed by atoms with Crippen LogP contribution in [0.25, 0.3) is 16.8 Å². The molecule has 5 rings (SSSR count). The van der Waals surface area contributed by atoms with Crippen LogP contribution in [0.4, 0.5) is 11.5 Å². The molecule has 4 aromatic rings. The molecule has 0 radical (unpaired) electrons. The largest absolute Gasteiger partial charge is 0.340 e. The van der Waals surface area contributed by atoms with Crippen molar-refractivity contribution in [1.29, 1.82) is 0 Å². The molecule has 0 saturated heterocycles. The third-order valence-corrected chi connectivity index (χ3v) is 5.84. The van der Waals surface area contributed by atoms with Crippen LogP contribution < -0.4 is 5.32 Å². The number of fused-ring (bicyclic) bond motifs is 2. The Morgan fingerprint density at radius 1 is 0.966 bits per heavy atom. The standard InChI is InChI=1S/C23H20Cl2N4/c1-14-21(15-7-3-2-4-8-15)23-27-20-10-6-5-9-19(20)22(29(23)28-14)26-18-12-16(24)11-17(25)13-18/h2-4,7-8,11-13,26H,5-6,9-10H2,1H3. The van der Waals surface area contributed by atoms with Crippen LogP contribution in [0.5, 0.6) is 0 Å². The average molecular weight is 423 g/mol. The second-order valence-electron chi connectivity index (χ2n) is 7.44. The maximum Gasteiger partial charge on any atom is 0.165 e. The molecule has 2 aromatic carbocycles. The number of anilines is 2. The van der Waals surface area contributed by atoms with E-state index >= 15 is 0 Å². The van der Waals surface area contributed by atoms with Crippen LogP contribution in [0.1, 0.15) is 29.8 Å². The molecule has 0 atom stereocenters. The summed E-state index contributed by atoms with van der Waals surface area (Å²) < 4.78 is 1.94. The molecule has 6 heteroatoms. The van der Waals surface area contributed by atoms with Crippen molar-refractivity contribution in [1.82, 2.24) is 14.6 Å². The van der Waals surface area contributed by atoms with Crippen molar-refractivity contribution >= 4 is 40.4 Å². The maximum atomic E-state index is 6.23. The Labute approximate surface area is 179 Å². The molecule has 1 N–H and O–H groups in total. The zero-order chi connectivity index (χ0) is 20.0. The fourth-order valence-corrected chi connectivity index (χ4v) is 4.66. The Morgan fingerprint density at radius 2 is 1.69 bits per heavy atom. The minimum atomic E-state index is 0.598. The average Bonchev–Trinajstić information content (AvgIpc) is 3.03. The number of nitrogens with one attached hydrogen (secondary N) is 1. The highest BCUT2D eigenvalue weighted by molar-refractivity contribution is 6.35. The number of hydrogen-bond donors (Lipinski definition) is 1. The van der Waals surface area contributed by atoms with Crippen LogP contribution >= 0.6 is 23.2 Å². The summed E-state index contributed by atoms with van der Waals surface area (Å²) in [6, 6.07) is 15.8. The van der Waals surface area contributed by atoms with E-state index in [1.165, 1.54) is 5.56 Å². The van der Waals surface area contributed by atoms with Gasteiger partial charge in [0.25, 0.3) is 0 Å². The first-order valence-corrected chi connectivity index (χ1v) is 10.6. The predicted octanol–water partition coefficient (Wildman–Crippen LogP) is 6.63. The fourth-order valence-electron chi connectivity index (χ4n) is 4.13. The summed E-state index contributed by atoms with van der Waals surface area (Å²) in [6.07, 6.45) is 4.27. The number of aryl methyl sites for hydroxylation is 2. The number of halogens is 2. The van der Waals surface area contributed by atoms with Crippen molar-refractivity contribution < 1.29 is 0 Å². The zero-order valence-corrected chi connectivity index (χ0v) is 17.6. The number of nitrogens with zero attached hydrogens (tertiary/aromatic N) is 3. The Kier molecular flexibility index (Phi) is 4.69. The number of benzene rings is 2. The SMILES string of the molecule is Cc1nn2c(Nc3cc(Cl)cc(Cl)c3)c3c(nc2c1-c1ccccc1)CCCC3. The molecule has 1 aliphatic rings. The molecular formula is C23H20Cl2N4. The van der Waals surface area contributed by atoms with Gasteiger partial charge in [0.1, 0.15) is 5.82 Å². The Morgan fingerprint density at radius 3 is 2.45 bits per heavy atom. The molecule has 0 fully saturated rings. The second kappa shape index (κ2) is 7.36. The van der Waals surface area contributed by atoms with Crippen molar-refractivity contribution in [2.24, 2.45) is 0 Å². The van der Waals surface area contributed by atoms with E-state index in [9.17, 15) is 0 Å². The Bertz CT molecular complexity index is 1190. The normalized spacial score (nSPS) is 13.5. The van der Waals surface area contributed by atoms with Crippen LogP contribution in [0.15, 0.2) is 48.5 Å². The molecule has 2 aromatic heterocycles. The molecule has 4 nitrogen and oxygen atoms in total.